The molecule has 2 aromatic rings. The van der Waals surface area contributed by atoms with E-state index in [1.54, 1.807) is 50.2 Å². The van der Waals surface area contributed by atoms with Crippen molar-refractivity contribution in [3.63, 3.8) is 0 Å². The van der Waals surface area contributed by atoms with E-state index in [-0.39, 0.29) is 31.0 Å². The van der Waals surface area contributed by atoms with E-state index in [2.05, 4.69) is 0 Å². The van der Waals surface area contributed by atoms with Gasteiger partial charge in [0.05, 0.1) is 25.5 Å². The van der Waals surface area contributed by atoms with Crippen molar-refractivity contribution in [3.8, 4) is 6.07 Å². The molecule has 0 fully saturated rings. The number of carboxylic acid groups (broad SMARTS) is 1. The summed E-state index contributed by atoms with van der Waals surface area (Å²) in [5.74, 6) is -2.37. The van der Waals surface area contributed by atoms with Crippen LogP contribution in [0.15, 0.2) is 60.2 Å². The summed E-state index contributed by atoms with van der Waals surface area (Å²) in [6, 6.07) is 15.7. The molecular weight excluding hydrogens is 410 g/mol. The molecule has 30 heavy (non-hydrogen) atoms. The van der Waals surface area contributed by atoms with Gasteiger partial charge in [0.1, 0.15) is 11.9 Å². The number of nitrogens with zero attached hydrogens (tertiary/aromatic N) is 2. The number of carboxylic acids is 1. The summed E-state index contributed by atoms with van der Waals surface area (Å²) in [7, 11) is -4.15. The third-order valence-electron chi connectivity index (χ3n) is 4.00. The second-order valence-electron chi connectivity index (χ2n) is 5.97. The molecule has 0 aliphatic carbocycles. The van der Waals surface area contributed by atoms with Gasteiger partial charge in [-0.05, 0) is 31.5 Å². The van der Waals surface area contributed by atoms with Crippen molar-refractivity contribution in [1.82, 2.24) is 4.67 Å². The van der Waals surface area contributed by atoms with Crippen LogP contribution in [0.2, 0.25) is 0 Å². The molecule has 2 rings (SSSR count). The van der Waals surface area contributed by atoms with Gasteiger partial charge in [-0.25, -0.2) is 13.8 Å². The molecule has 7 nitrogen and oxygen atoms in total. The van der Waals surface area contributed by atoms with Crippen LogP contribution in [0, 0.1) is 17.1 Å². The lowest BCUT2D eigenvalue weighted by Crippen LogP contribution is -2.25. The van der Waals surface area contributed by atoms with E-state index in [9.17, 15) is 24.1 Å². The first-order valence-corrected chi connectivity index (χ1v) is 10.7. The Labute approximate surface area is 174 Å². The minimum Gasteiger partial charge on any atom is -0.477 e. The van der Waals surface area contributed by atoms with E-state index in [0.717, 1.165) is 10.7 Å². The maximum Gasteiger partial charge on any atom is 0.435 e. The first-order valence-electron chi connectivity index (χ1n) is 9.21. The summed E-state index contributed by atoms with van der Waals surface area (Å²) in [6.45, 7) is 3.03. The Morgan fingerprint density at radius 3 is 2.17 bits per heavy atom. The van der Waals surface area contributed by atoms with E-state index in [0.29, 0.717) is 5.56 Å². The number of hydrogen-bond acceptors (Lipinski definition) is 5. The van der Waals surface area contributed by atoms with E-state index in [1.807, 2.05) is 0 Å². The summed E-state index contributed by atoms with van der Waals surface area (Å²) in [5, 5.41) is 19.2. The third kappa shape index (κ3) is 5.33. The molecule has 1 N–H and O–H groups in total. The molecule has 0 amide bonds. The molecule has 2 aromatic carbocycles. The lowest BCUT2D eigenvalue weighted by atomic mass is 10.1. The normalized spacial score (nSPS) is 12.1. The van der Waals surface area contributed by atoms with Crippen molar-refractivity contribution in [3.05, 3.63) is 77.1 Å². The average molecular weight is 432 g/mol. The Balaban J connectivity index is 2.84. The predicted octanol–water partition coefficient (Wildman–Crippen LogP) is 4.83. The maximum absolute atomic E-state index is 14.7. The van der Waals surface area contributed by atoms with E-state index in [1.165, 1.54) is 18.2 Å². The zero-order chi connectivity index (χ0) is 22.1. The van der Waals surface area contributed by atoms with Crippen LogP contribution >= 0.6 is 7.75 Å². The number of rotatable bonds is 10. The number of carbonyl (C=O) groups is 1. The lowest BCUT2D eigenvalue weighted by molar-refractivity contribution is -0.132. The molecule has 0 radical (unpaired) electrons. The topological polar surface area (TPSA) is 99.9 Å². The van der Waals surface area contributed by atoms with Crippen molar-refractivity contribution in [2.75, 3.05) is 13.2 Å². The van der Waals surface area contributed by atoms with Crippen LogP contribution in [0.1, 0.15) is 25.0 Å². The molecule has 0 bridgehead atoms. The van der Waals surface area contributed by atoms with Gasteiger partial charge in [0.25, 0.3) is 0 Å². The van der Waals surface area contributed by atoms with E-state index < -0.39 is 25.1 Å². The molecule has 158 valence electrons. The molecule has 0 atom stereocenters. The van der Waals surface area contributed by atoms with E-state index >= 15 is 0 Å². The maximum atomic E-state index is 14.7. The highest BCUT2D eigenvalue weighted by Crippen LogP contribution is 2.57. The van der Waals surface area contributed by atoms with Gasteiger partial charge in [-0.3, -0.25) is 13.7 Å². The van der Waals surface area contributed by atoms with Crippen molar-refractivity contribution in [2.24, 2.45) is 0 Å². The Bertz CT molecular complexity index is 994. The highest BCUT2D eigenvalue weighted by molar-refractivity contribution is 7.51. The summed E-state index contributed by atoms with van der Waals surface area (Å²) in [4.78, 5) is 11.9. The van der Waals surface area contributed by atoms with Crippen LogP contribution in [-0.2, 0) is 25.0 Å². The predicted molar refractivity (Wildman–Crippen MR) is 109 cm³/mol. The van der Waals surface area contributed by atoms with Gasteiger partial charge in [-0.2, -0.15) is 5.26 Å². The Morgan fingerprint density at radius 2 is 1.67 bits per heavy atom. The smallest absolute Gasteiger partial charge is 0.435 e. The monoisotopic (exact) mass is 432 g/mol. The molecule has 0 heterocycles. The average Bonchev–Trinajstić information content (AvgIpc) is 2.72. The highest BCUT2D eigenvalue weighted by Gasteiger charge is 2.39. The summed E-state index contributed by atoms with van der Waals surface area (Å²) >= 11 is 0. The first-order chi connectivity index (χ1) is 14.4. The van der Waals surface area contributed by atoms with Crippen molar-refractivity contribution < 1.29 is 27.9 Å². The highest BCUT2D eigenvalue weighted by atomic mass is 31.2. The van der Waals surface area contributed by atoms with Crippen LogP contribution < -0.4 is 0 Å². The lowest BCUT2D eigenvalue weighted by Gasteiger charge is -2.33. The number of nitriles is 1. The fourth-order valence-electron chi connectivity index (χ4n) is 2.81. The number of halogens is 1. The van der Waals surface area contributed by atoms with Gasteiger partial charge in [0, 0.05) is 5.56 Å². The SMILES string of the molecule is CCOP(=O)(OCC)N(Cc1ccccc1)C(=C(C#N)C(=O)O)c1ccccc1F. The second-order valence-corrected chi connectivity index (χ2v) is 7.90. The van der Waals surface area contributed by atoms with Crippen molar-refractivity contribution in [1.29, 1.82) is 5.26 Å². The fourth-order valence-corrected chi connectivity index (χ4v) is 4.60. The van der Waals surface area contributed by atoms with E-state index in [4.69, 9.17) is 9.05 Å². The van der Waals surface area contributed by atoms with Gasteiger partial charge < -0.3 is 5.11 Å². The third-order valence-corrected chi connectivity index (χ3v) is 6.11. The van der Waals surface area contributed by atoms with Crippen LogP contribution in [0.3, 0.4) is 0 Å². The second kappa shape index (κ2) is 10.7. The first kappa shape index (κ1) is 23.3. The van der Waals surface area contributed by atoms with Crippen molar-refractivity contribution >= 4 is 19.4 Å². The summed E-state index contributed by atoms with van der Waals surface area (Å²) < 4.78 is 40.3. The van der Waals surface area contributed by atoms with Crippen LogP contribution in [0.4, 0.5) is 4.39 Å². The molecule has 0 saturated carbocycles. The molecule has 0 aliphatic rings. The molecule has 0 aromatic heterocycles. The molecular formula is C21H22FN2O5P. The number of aliphatic carboxylic acids is 1. The van der Waals surface area contributed by atoms with Gasteiger partial charge in [0.15, 0.2) is 5.57 Å². The molecule has 9 heteroatoms. The largest absolute Gasteiger partial charge is 0.477 e. The Morgan fingerprint density at radius 1 is 1.10 bits per heavy atom. The molecule has 0 spiro atoms. The zero-order valence-electron chi connectivity index (χ0n) is 16.6. The molecule has 0 saturated heterocycles. The molecule has 0 unspecified atom stereocenters. The van der Waals surface area contributed by atoms with Gasteiger partial charge in [-0.15, -0.1) is 0 Å². The van der Waals surface area contributed by atoms with Gasteiger partial charge in [0.2, 0.25) is 0 Å². The fraction of sp³-hybridized carbons (Fsp3) is 0.238. The quantitative estimate of drug-likeness (QED) is 0.326. The standard InChI is InChI=1S/C21H22FN2O5P/c1-3-28-30(27,29-4-2)24(15-16-10-6-5-7-11-16)20(18(14-23)21(25)26)17-12-8-9-13-19(17)22/h5-13H,3-4,15H2,1-2H3,(H,25,26). The van der Waals surface area contributed by atoms with Crippen LogP contribution in [0.5, 0.6) is 0 Å². The van der Waals surface area contributed by atoms with Gasteiger partial charge in [-0.1, -0.05) is 42.5 Å². The number of hydrogen-bond donors (Lipinski definition) is 1. The minimum absolute atomic E-state index is 0.0118. The summed E-state index contributed by atoms with van der Waals surface area (Å²) in [5.41, 5.74) is -0.728. The summed E-state index contributed by atoms with van der Waals surface area (Å²) in [6.07, 6.45) is 0. The Kier molecular flexibility index (Phi) is 8.31. The van der Waals surface area contributed by atoms with Crippen LogP contribution in [0.25, 0.3) is 5.70 Å². The van der Waals surface area contributed by atoms with Crippen LogP contribution in [-0.4, -0.2) is 29.0 Å². The zero-order valence-corrected chi connectivity index (χ0v) is 17.5. The van der Waals surface area contributed by atoms with Gasteiger partial charge >= 0.3 is 13.7 Å². The minimum atomic E-state index is -4.15. The number of benzene rings is 2. The van der Waals surface area contributed by atoms with Crippen molar-refractivity contribution in [2.45, 2.75) is 20.4 Å². The Hall–Kier alpha value is -2.98. The molecule has 0 aliphatic heterocycles.